The van der Waals surface area contributed by atoms with Gasteiger partial charge in [0.2, 0.25) is 15.9 Å². The van der Waals surface area contributed by atoms with Crippen LogP contribution in [0.15, 0.2) is 59.8 Å². The van der Waals surface area contributed by atoms with Crippen molar-refractivity contribution in [3.8, 4) is 0 Å². The van der Waals surface area contributed by atoms with Crippen LogP contribution in [0.5, 0.6) is 0 Å². The minimum Gasteiger partial charge on any atom is -0.368 e. The molecule has 1 aliphatic rings. The van der Waals surface area contributed by atoms with Crippen molar-refractivity contribution in [3.63, 3.8) is 0 Å². The van der Waals surface area contributed by atoms with Crippen molar-refractivity contribution in [3.05, 3.63) is 54.9 Å². The Morgan fingerprint density at radius 1 is 1.08 bits per heavy atom. The summed E-state index contributed by atoms with van der Waals surface area (Å²) in [5.74, 6) is -0.187. The summed E-state index contributed by atoms with van der Waals surface area (Å²) < 4.78 is 26.1. The highest BCUT2D eigenvalue weighted by atomic mass is 32.2. The molecular formula is C18H22N4O3S. The van der Waals surface area contributed by atoms with E-state index in [1.165, 1.54) is 25.5 Å². The van der Waals surface area contributed by atoms with Gasteiger partial charge in [0.15, 0.2) is 0 Å². The van der Waals surface area contributed by atoms with Gasteiger partial charge in [-0.1, -0.05) is 18.2 Å². The number of hydrogen-bond donors (Lipinski definition) is 0. The van der Waals surface area contributed by atoms with Crippen LogP contribution in [0.4, 0.5) is 5.69 Å². The second-order valence-corrected chi connectivity index (χ2v) is 8.20. The van der Waals surface area contributed by atoms with E-state index in [1.54, 1.807) is 11.0 Å². The molecule has 0 N–H and O–H groups in total. The first-order valence-corrected chi connectivity index (χ1v) is 9.86. The molecule has 1 aromatic carbocycles. The van der Waals surface area contributed by atoms with Crippen LogP contribution < -0.4 is 4.90 Å². The number of aromatic nitrogens is 1. The summed E-state index contributed by atoms with van der Waals surface area (Å²) in [7, 11) is -2.30. The lowest BCUT2D eigenvalue weighted by Gasteiger charge is -2.36. The fourth-order valence-electron chi connectivity index (χ4n) is 2.91. The molecule has 0 spiro atoms. The summed E-state index contributed by atoms with van der Waals surface area (Å²) in [6, 6.07) is 13.1. The third-order valence-electron chi connectivity index (χ3n) is 4.45. The van der Waals surface area contributed by atoms with Gasteiger partial charge in [-0.05, 0) is 24.3 Å². The van der Waals surface area contributed by atoms with Crippen molar-refractivity contribution in [2.75, 3.05) is 44.7 Å². The first-order chi connectivity index (χ1) is 12.5. The molecule has 1 saturated heterocycles. The van der Waals surface area contributed by atoms with Gasteiger partial charge in [-0.2, -0.15) is 4.31 Å². The average Bonchev–Trinajstić information content (AvgIpc) is 2.69. The monoisotopic (exact) mass is 374 g/mol. The lowest BCUT2D eigenvalue weighted by atomic mass is 10.2. The Balaban J connectivity index is 1.57. The number of carbonyl (C=O) groups excluding carboxylic acids is 1. The number of likely N-dealkylation sites (N-methyl/N-ethyl adjacent to an activating group) is 1. The third-order valence-corrected chi connectivity index (χ3v) is 6.24. The Labute approximate surface area is 153 Å². The molecule has 1 aromatic heterocycles. The predicted molar refractivity (Wildman–Crippen MR) is 99.3 cm³/mol. The molecule has 0 atom stereocenters. The quantitative estimate of drug-likeness (QED) is 0.782. The number of carbonyl (C=O) groups is 1. The molecule has 2 aromatic rings. The summed E-state index contributed by atoms with van der Waals surface area (Å²) in [5.41, 5.74) is 1.14. The zero-order chi connectivity index (χ0) is 18.6. The zero-order valence-corrected chi connectivity index (χ0v) is 15.5. The van der Waals surface area contributed by atoms with Crippen LogP contribution in [0.1, 0.15) is 0 Å². The number of pyridine rings is 1. The smallest absolute Gasteiger partial charge is 0.244 e. The van der Waals surface area contributed by atoms with E-state index >= 15 is 0 Å². The van der Waals surface area contributed by atoms with E-state index in [1.807, 2.05) is 30.3 Å². The van der Waals surface area contributed by atoms with E-state index in [0.717, 1.165) is 23.1 Å². The number of benzene rings is 1. The highest BCUT2D eigenvalue weighted by Gasteiger charge is 2.27. The molecule has 0 aliphatic carbocycles. The van der Waals surface area contributed by atoms with Crippen LogP contribution in [0.2, 0.25) is 0 Å². The number of amides is 1. The van der Waals surface area contributed by atoms with Crippen molar-refractivity contribution in [1.29, 1.82) is 0 Å². The number of anilines is 1. The SMILES string of the molecule is CN(CC(=O)N1CCN(c2ccccc2)CC1)S(=O)(=O)c1cccnc1. The van der Waals surface area contributed by atoms with Gasteiger partial charge in [-0.3, -0.25) is 9.78 Å². The second kappa shape index (κ2) is 7.84. The van der Waals surface area contributed by atoms with Gasteiger partial charge in [0.1, 0.15) is 4.90 Å². The van der Waals surface area contributed by atoms with E-state index in [-0.39, 0.29) is 17.3 Å². The minimum atomic E-state index is -3.71. The molecule has 0 saturated carbocycles. The molecule has 2 heterocycles. The van der Waals surface area contributed by atoms with E-state index in [2.05, 4.69) is 9.88 Å². The molecule has 3 rings (SSSR count). The Morgan fingerprint density at radius 3 is 2.38 bits per heavy atom. The van der Waals surface area contributed by atoms with Crippen LogP contribution in [0.25, 0.3) is 0 Å². The van der Waals surface area contributed by atoms with E-state index in [4.69, 9.17) is 0 Å². The third kappa shape index (κ3) is 4.03. The highest BCUT2D eigenvalue weighted by Crippen LogP contribution is 2.16. The average molecular weight is 374 g/mol. The van der Waals surface area contributed by atoms with Gasteiger partial charge in [-0.25, -0.2) is 8.42 Å². The Bertz CT molecular complexity index is 835. The van der Waals surface area contributed by atoms with Crippen LogP contribution in [0, 0.1) is 0 Å². The van der Waals surface area contributed by atoms with Gasteiger partial charge in [0, 0.05) is 51.3 Å². The molecule has 8 heteroatoms. The number of hydrogen-bond acceptors (Lipinski definition) is 5. The summed E-state index contributed by atoms with van der Waals surface area (Å²) >= 11 is 0. The molecule has 0 unspecified atom stereocenters. The van der Waals surface area contributed by atoms with Crippen LogP contribution >= 0.6 is 0 Å². The van der Waals surface area contributed by atoms with E-state index in [0.29, 0.717) is 13.1 Å². The maximum atomic E-state index is 12.5. The highest BCUT2D eigenvalue weighted by molar-refractivity contribution is 7.89. The van der Waals surface area contributed by atoms with Crippen molar-refractivity contribution >= 4 is 21.6 Å². The van der Waals surface area contributed by atoms with Crippen LogP contribution in [-0.2, 0) is 14.8 Å². The standard InChI is InChI=1S/C18H22N4O3S/c1-20(26(24,25)17-8-5-9-19-14-17)15-18(23)22-12-10-21(11-13-22)16-6-3-2-4-7-16/h2-9,14H,10-13,15H2,1H3. The number of nitrogens with zero attached hydrogens (tertiary/aromatic N) is 4. The van der Waals surface area contributed by atoms with E-state index < -0.39 is 10.0 Å². The number of sulfonamides is 1. The fourth-order valence-corrected chi connectivity index (χ4v) is 3.99. The minimum absolute atomic E-state index is 0.0872. The molecule has 26 heavy (non-hydrogen) atoms. The fraction of sp³-hybridized carbons (Fsp3) is 0.333. The molecule has 1 fully saturated rings. The molecule has 0 bridgehead atoms. The number of rotatable bonds is 5. The summed E-state index contributed by atoms with van der Waals surface area (Å²) in [6.07, 6.45) is 2.80. The summed E-state index contributed by atoms with van der Waals surface area (Å²) in [5, 5.41) is 0. The molecule has 7 nitrogen and oxygen atoms in total. The normalized spacial score (nSPS) is 15.3. The molecular weight excluding hydrogens is 352 g/mol. The van der Waals surface area contributed by atoms with Gasteiger partial charge in [0.25, 0.3) is 0 Å². The summed E-state index contributed by atoms with van der Waals surface area (Å²) in [6.45, 7) is 2.44. The maximum Gasteiger partial charge on any atom is 0.244 e. The summed E-state index contributed by atoms with van der Waals surface area (Å²) in [4.78, 5) is 20.4. The van der Waals surface area contributed by atoms with Gasteiger partial charge in [0.05, 0.1) is 6.54 Å². The van der Waals surface area contributed by atoms with Gasteiger partial charge in [-0.15, -0.1) is 0 Å². The largest absolute Gasteiger partial charge is 0.368 e. The van der Waals surface area contributed by atoms with Gasteiger partial charge < -0.3 is 9.80 Å². The molecule has 138 valence electrons. The lowest BCUT2D eigenvalue weighted by Crippen LogP contribution is -2.51. The van der Waals surface area contributed by atoms with Gasteiger partial charge >= 0.3 is 0 Å². The Morgan fingerprint density at radius 2 is 1.77 bits per heavy atom. The topological polar surface area (TPSA) is 73.8 Å². The molecule has 1 aliphatic heterocycles. The molecule has 1 amide bonds. The van der Waals surface area contributed by atoms with Crippen molar-refractivity contribution in [2.24, 2.45) is 0 Å². The van der Waals surface area contributed by atoms with Crippen LogP contribution in [-0.4, -0.2) is 68.3 Å². The van der Waals surface area contributed by atoms with Crippen molar-refractivity contribution in [2.45, 2.75) is 4.90 Å². The lowest BCUT2D eigenvalue weighted by molar-refractivity contribution is -0.131. The van der Waals surface area contributed by atoms with E-state index in [9.17, 15) is 13.2 Å². The maximum absolute atomic E-state index is 12.5. The van der Waals surface area contributed by atoms with Crippen molar-refractivity contribution < 1.29 is 13.2 Å². The van der Waals surface area contributed by atoms with Crippen LogP contribution in [0.3, 0.4) is 0 Å². The first kappa shape index (κ1) is 18.3. The molecule has 0 radical (unpaired) electrons. The Kier molecular flexibility index (Phi) is 5.53. The predicted octanol–water partition coefficient (Wildman–Crippen LogP) is 1.05. The zero-order valence-electron chi connectivity index (χ0n) is 14.7. The number of piperazine rings is 1. The second-order valence-electron chi connectivity index (χ2n) is 6.15. The first-order valence-electron chi connectivity index (χ1n) is 8.42. The van der Waals surface area contributed by atoms with Crippen molar-refractivity contribution in [1.82, 2.24) is 14.2 Å². The Hall–Kier alpha value is -2.45. The number of para-hydroxylation sites is 1.